The Morgan fingerprint density at radius 1 is 1.06 bits per heavy atom. The van der Waals surface area contributed by atoms with Crippen LogP contribution in [0.3, 0.4) is 0 Å². The molecule has 1 aromatic heterocycles. The number of allylic oxidation sites excluding steroid dienone is 1. The van der Waals surface area contributed by atoms with Crippen LogP contribution in [0.4, 0.5) is 11.6 Å². The highest BCUT2D eigenvalue weighted by molar-refractivity contribution is 8.02. The van der Waals surface area contributed by atoms with Crippen molar-refractivity contribution < 1.29 is 19.0 Å². The van der Waals surface area contributed by atoms with Crippen LogP contribution in [0.25, 0.3) is 0 Å². The summed E-state index contributed by atoms with van der Waals surface area (Å²) in [5, 5.41) is 3.65. The fourth-order valence-electron chi connectivity index (χ4n) is 2.79. The molecule has 0 radical (unpaired) electrons. The lowest BCUT2D eigenvalue weighted by atomic mass is 10.1. The molecular weight excluding hydrogens is 428 g/mol. The van der Waals surface area contributed by atoms with Crippen LogP contribution < -0.4 is 25.3 Å². The van der Waals surface area contributed by atoms with Gasteiger partial charge in [-0.3, -0.25) is 4.79 Å². The topological polar surface area (TPSA) is 109 Å². The van der Waals surface area contributed by atoms with Crippen molar-refractivity contribution in [3.63, 3.8) is 0 Å². The predicted octanol–water partition coefficient (Wildman–Crippen LogP) is 4.15. The lowest BCUT2D eigenvalue weighted by Gasteiger charge is -2.14. The molecule has 32 heavy (non-hydrogen) atoms. The number of nitrogen functional groups attached to an aromatic ring is 1. The fourth-order valence-corrected chi connectivity index (χ4v) is 3.22. The largest absolute Gasteiger partial charge is 0.497 e. The minimum Gasteiger partial charge on any atom is -0.497 e. The van der Waals surface area contributed by atoms with Crippen molar-refractivity contribution in [3.05, 3.63) is 77.1 Å². The molecule has 3 rings (SSSR count). The first-order chi connectivity index (χ1) is 15.5. The number of carbonyl (C=O) groups is 1. The molecular formula is C23H24N4O4S. The van der Waals surface area contributed by atoms with Crippen molar-refractivity contribution in [3.8, 4) is 17.2 Å². The third-order valence-corrected chi connectivity index (χ3v) is 5.07. The number of thioether (sulfide) groups is 1. The van der Waals surface area contributed by atoms with Gasteiger partial charge in [0.1, 0.15) is 41.1 Å². The maximum absolute atomic E-state index is 13.2. The molecule has 0 aliphatic heterocycles. The summed E-state index contributed by atoms with van der Waals surface area (Å²) in [6.07, 6.45) is 6.25. The SMILES string of the molecule is COc1ccc(COc2cccc(OC)c2C(=O)/C=C(\Nc2cnc(N)cn2)SC)cc1. The lowest BCUT2D eigenvalue weighted by molar-refractivity contribution is 0.103. The third kappa shape index (κ3) is 5.92. The normalized spacial score (nSPS) is 11.0. The van der Waals surface area contributed by atoms with Gasteiger partial charge in [-0.1, -0.05) is 18.2 Å². The van der Waals surface area contributed by atoms with E-state index in [4.69, 9.17) is 19.9 Å². The zero-order valence-electron chi connectivity index (χ0n) is 18.0. The molecule has 0 aliphatic rings. The van der Waals surface area contributed by atoms with Crippen LogP contribution >= 0.6 is 11.8 Å². The Morgan fingerprint density at radius 2 is 1.81 bits per heavy atom. The average molecular weight is 453 g/mol. The van der Waals surface area contributed by atoms with Gasteiger partial charge in [0.15, 0.2) is 5.78 Å². The Labute approximate surface area is 190 Å². The van der Waals surface area contributed by atoms with Crippen LogP contribution in [0.5, 0.6) is 17.2 Å². The number of nitrogens with one attached hydrogen (secondary N) is 1. The van der Waals surface area contributed by atoms with Crippen molar-refractivity contribution in [1.82, 2.24) is 9.97 Å². The first-order valence-corrected chi connectivity index (χ1v) is 10.8. The molecule has 2 aromatic carbocycles. The van der Waals surface area contributed by atoms with E-state index in [9.17, 15) is 4.79 Å². The summed E-state index contributed by atoms with van der Waals surface area (Å²) >= 11 is 1.36. The van der Waals surface area contributed by atoms with E-state index < -0.39 is 0 Å². The van der Waals surface area contributed by atoms with Crippen molar-refractivity contribution in [1.29, 1.82) is 0 Å². The van der Waals surface area contributed by atoms with E-state index >= 15 is 0 Å². The molecule has 0 aliphatic carbocycles. The van der Waals surface area contributed by atoms with Crippen LogP contribution in [0, 0.1) is 0 Å². The summed E-state index contributed by atoms with van der Waals surface area (Å²) in [7, 11) is 3.13. The minimum absolute atomic E-state index is 0.271. The highest BCUT2D eigenvalue weighted by Crippen LogP contribution is 2.31. The molecule has 0 bridgehead atoms. The molecule has 3 N–H and O–H groups in total. The maximum Gasteiger partial charge on any atom is 0.195 e. The summed E-state index contributed by atoms with van der Waals surface area (Å²) in [5.41, 5.74) is 6.85. The van der Waals surface area contributed by atoms with Crippen LogP contribution in [0.15, 0.2) is 66.0 Å². The number of nitrogens with zero attached hydrogens (tertiary/aromatic N) is 2. The van der Waals surface area contributed by atoms with E-state index in [0.29, 0.717) is 33.7 Å². The highest BCUT2D eigenvalue weighted by Gasteiger charge is 2.18. The first-order valence-electron chi connectivity index (χ1n) is 9.61. The zero-order chi connectivity index (χ0) is 22.9. The molecule has 3 aromatic rings. The average Bonchev–Trinajstić information content (AvgIpc) is 2.83. The summed E-state index contributed by atoms with van der Waals surface area (Å²) < 4.78 is 16.6. The zero-order valence-corrected chi connectivity index (χ0v) is 18.8. The van der Waals surface area contributed by atoms with Crippen molar-refractivity contribution >= 4 is 29.2 Å². The van der Waals surface area contributed by atoms with E-state index in [2.05, 4.69) is 15.3 Å². The van der Waals surface area contributed by atoms with Gasteiger partial charge in [0.2, 0.25) is 0 Å². The van der Waals surface area contributed by atoms with Gasteiger partial charge >= 0.3 is 0 Å². The number of benzene rings is 2. The molecule has 0 fully saturated rings. The first kappa shape index (κ1) is 23.0. The molecule has 1 heterocycles. The number of carbonyl (C=O) groups excluding carboxylic acids is 1. The highest BCUT2D eigenvalue weighted by atomic mass is 32.2. The van der Waals surface area contributed by atoms with E-state index in [-0.39, 0.29) is 12.4 Å². The Hall–Kier alpha value is -3.72. The van der Waals surface area contributed by atoms with Crippen LogP contribution in [-0.2, 0) is 6.61 Å². The summed E-state index contributed by atoms with van der Waals surface area (Å²) in [4.78, 5) is 21.3. The molecule has 9 heteroatoms. The second kappa shape index (κ2) is 11.1. The van der Waals surface area contributed by atoms with Crippen LogP contribution in [0.2, 0.25) is 0 Å². The number of aromatic nitrogens is 2. The van der Waals surface area contributed by atoms with E-state index in [1.54, 1.807) is 25.3 Å². The molecule has 0 atom stereocenters. The molecule has 0 unspecified atom stereocenters. The summed E-state index contributed by atoms with van der Waals surface area (Å²) in [6, 6.07) is 12.8. The van der Waals surface area contributed by atoms with Gasteiger partial charge in [-0.05, 0) is 36.1 Å². The van der Waals surface area contributed by atoms with Gasteiger partial charge in [-0.25, -0.2) is 9.97 Å². The van der Waals surface area contributed by atoms with Gasteiger partial charge < -0.3 is 25.3 Å². The standard InChI is InChI=1S/C23H24N4O4S/c1-29-16-9-7-15(8-10-16)14-31-19-6-4-5-18(30-2)23(19)17(28)11-22(32-3)27-21-13-25-20(24)12-26-21/h4-13H,14H2,1-3H3,(H2,24,25)(H,26,27)/b22-11+. The molecule has 0 saturated heterocycles. The van der Waals surface area contributed by atoms with Crippen molar-refractivity contribution in [2.75, 3.05) is 31.5 Å². The Morgan fingerprint density at radius 3 is 2.44 bits per heavy atom. The number of ether oxygens (including phenoxy) is 3. The lowest BCUT2D eigenvalue weighted by Crippen LogP contribution is -2.07. The second-order valence-corrected chi connectivity index (χ2v) is 7.35. The Bertz CT molecular complexity index is 1090. The number of hydrogen-bond acceptors (Lipinski definition) is 9. The minimum atomic E-state index is -0.271. The number of methoxy groups -OCH3 is 2. The van der Waals surface area contributed by atoms with Gasteiger partial charge in [0.25, 0.3) is 0 Å². The molecule has 0 spiro atoms. The van der Waals surface area contributed by atoms with Crippen molar-refractivity contribution in [2.45, 2.75) is 6.61 Å². The quantitative estimate of drug-likeness (QED) is 0.346. The van der Waals surface area contributed by atoms with Crippen LogP contribution in [-0.4, -0.2) is 36.2 Å². The molecule has 166 valence electrons. The third-order valence-electron chi connectivity index (χ3n) is 4.41. The fraction of sp³-hybridized carbons (Fsp3) is 0.174. The van der Waals surface area contributed by atoms with E-state index in [0.717, 1.165) is 11.3 Å². The molecule has 0 amide bonds. The molecule has 8 nitrogen and oxygen atoms in total. The number of anilines is 2. The van der Waals surface area contributed by atoms with Gasteiger partial charge in [0, 0.05) is 6.08 Å². The Balaban J connectivity index is 1.83. The smallest absolute Gasteiger partial charge is 0.195 e. The second-order valence-electron chi connectivity index (χ2n) is 6.50. The number of nitrogens with two attached hydrogens (primary N) is 1. The number of ketones is 1. The predicted molar refractivity (Wildman–Crippen MR) is 126 cm³/mol. The van der Waals surface area contributed by atoms with E-state index in [1.165, 1.54) is 37.3 Å². The Kier molecular flexibility index (Phi) is 7.93. The summed E-state index contributed by atoms with van der Waals surface area (Å²) in [5.74, 6) is 2.13. The van der Waals surface area contributed by atoms with Gasteiger partial charge in [-0.15, -0.1) is 11.8 Å². The monoisotopic (exact) mass is 452 g/mol. The number of rotatable bonds is 10. The van der Waals surface area contributed by atoms with Crippen molar-refractivity contribution in [2.24, 2.45) is 0 Å². The summed E-state index contributed by atoms with van der Waals surface area (Å²) in [6.45, 7) is 0.288. The maximum atomic E-state index is 13.2. The number of hydrogen-bond donors (Lipinski definition) is 2. The van der Waals surface area contributed by atoms with Gasteiger partial charge in [0.05, 0.1) is 31.6 Å². The molecule has 0 saturated carbocycles. The van der Waals surface area contributed by atoms with Gasteiger partial charge in [-0.2, -0.15) is 0 Å². The van der Waals surface area contributed by atoms with E-state index in [1.807, 2.05) is 30.5 Å². The van der Waals surface area contributed by atoms with Crippen LogP contribution in [0.1, 0.15) is 15.9 Å².